The van der Waals surface area contributed by atoms with Gasteiger partial charge in [0.25, 0.3) is 0 Å². The smallest absolute Gasteiger partial charge is 0.189 e. The molecule has 0 radical (unpaired) electrons. The molecule has 4 N–H and O–H groups in total. The van der Waals surface area contributed by atoms with E-state index in [0.717, 1.165) is 6.42 Å². The van der Waals surface area contributed by atoms with Crippen LogP contribution in [0.4, 0.5) is 0 Å². The van der Waals surface area contributed by atoms with E-state index in [9.17, 15) is 25.2 Å². The summed E-state index contributed by atoms with van der Waals surface area (Å²) in [6, 6.07) is 0. The molecule has 0 aromatic heterocycles. The summed E-state index contributed by atoms with van der Waals surface area (Å²) in [5.41, 5.74) is -2.66. The summed E-state index contributed by atoms with van der Waals surface area (Å²) in [4.78, 5) is 12.0. The van der Waals surface area contributed by atoms with E-state index in [-0.39, 0.29) is 12.5 Å². The number of fused-ring (bicyclic) bond motifs is 1. The van der Waals surface area contributed by atoms with Gasteiger partial charge in [0.15, 0.2) is 11.4 Å². The van der Waals surface area contributed by atoms with Crippen LogP contribution >= 0.6 is 0 Å². The second-order valence-corrected chi connectivity index (χ2v) is 7.45. The maximum absolute atomic E-state index is 12.0. The van der Waals surface area contributed by atoms with Crippen LogP contribution in [0.25, 0.3) is 0 Å². The number of rotatable bonds is 5. The lowest BCUT2D eigenvalue weighted by Gasteiger charge is -2.39. The van der Waals surface area contributed by atoms with Crippen LogP contribution in [0.3, 0.4) is 0 Å². The first-order valence-corrected chi connectivity index (χ1v) is 8.61. The molecule has 1 aliphatic carbocycles. The summed E-state index contributed by atoms with van der Waals surface area (Å²) < 4.78 is 5.57. The highest BCUT2D eigenvalue weighted by Crippen LogP contribution is 2.35. The molecule has 25 heavy (non-hydrogen) atoms. The number of hydrogen-bond acceptors (Lipinski definition) is 6. The van der Waals surface area contributed by atoms with Crippen LogP contribution in [0.15, 0.2) is 35.6 Å². The Balaban J connectivity index is 2.21. The van der Waals surface area contributed by atoms with Gasteiger partial charge in [-0.3, -0.25) is 4.79 Å². The zero-order valence-corrected chi connectivity index (χ0v) is 15.1. The van der Waals surface area contributed by atoms with Crippen LogP contribution < -0.4 is 0 Å². The van der Waals surface area contributed by atoms with Crippen molar-refractivity contribution in [2.45, 2.75) is 57.5 Å². The summed E-state index contributed by atoms with van der Waals surface area (Å²) in [7, 11) is 0. The van der Waals surface area contributed by atoms with E-state index in [2.05, 4.69) is 0 Å². The van der Waals surface area contributed by atoms with Crippen LogP contribution in [-0.4, -0.2) is 56.2 Å². The van der Waals surface area contributed by atoms with Crippen molar-refractivity contribution < 1.29 is 30.0 Å². The molecule has 0 unspecified atom stereocenters. The quantitative estimate of drug-likeness (QED) is 0.584. The maximum Gasteiger partial charge on any atom is 0.189 e. The first-order chi connectivity index (χ1) is 11.5. The number of hydrogen-bond donors (Lipinski definition) is 4. The standard InChI is InChI=1S/C19H28O6/c1-5-11(2)16(21)18(3,23)7-6-13-8-12-9-15(20)19(4,24)17(22)14(12)10-25-13/h6-9,11,14,16-17,21-24H,5,10H2,1-4H3/b7-6+/t11-,14+,16+,17-,18-,19+/m0/s1. The second kappa shape index (κ2) is 7.03. The number of aliphatic hydroxyl groups is 4. The van der Waals surface area contributed by atoms with Crippen LogP contribution in [0.5, 0.6) is 0 Å². The van der Waals surface area contributed by atoms with Crippen LogP contribution in [0, 0.1) is 11.8 Å². The molecule has 1 aliphatic heterocycles. The van der Waals surface area contributed by atoms with Gasteiger partial charge in [-0.1, -0.05) is 20.3 Å². The Morgan fingerprint density at radius 3 is 2.72 bits per heavy atom. The highest BCUT2D eigenvalue weighted by atomic mass is 16.5. The SMILES string of the molecule is CC[C@H](C)[C@@H](O)[C@@](C)(O)/C=C/C1=CC2=CC(=O)[C@@](C)(O)[C@@H](O)[C@@H]2CO1. The van der Waals surface area contributed by atoms with E-state index in [1.807, 2.05) is 13.8 Å². The van der Waals surface area contributed by atoms with Crippen LogP contribution in [-0.2, 0) is 9.53 Å². The minimum Gasteiger partial charge on any atom is -0.493 e. The van der Waals surface area contributed by atoms with Crippen molar-refractivity contribution in [2.75, 3.05) is 6.61 Å². The molecule has 6 atom stereocenters. The molecule has 2 rings (SSSR count). The Labute approximate surface area is 148 Å². The molecule has 0 fully saturated rings. The van der Waals surface area contributed by atoms with Crippen molar-refractivity contribution >= 4 is 5.78 Å². The number of ketones is 1. The van der Waals surface area contributed by atoms with Crippen molar-refractivity contribution in [1.82, 2.24) is 0 Å². The molecule has 0 bridgehead atoms. The van der Waals surface area contributed by atoms with E-state index in [0.29, 0.717) is 11.3 Å². The Bertz CT molecular complexity index is 613. The van der Waals surface area contributed by atoms with Gasteiger partial charge in [0.1, 0.15) is 11.4 Å². The molecule has 1 heterocycles. The topological polar surface area (TPSA) is 107 Å². The molecule has 0 aromatic rings. The highest BCUT2D eigenvalue weighted by molar-refractivity contribution is 5.99. The van der Waals surface area contributed by atoms with E-state index < -0.39 is 35.1 Å². The third kappa shape index (κ3) is 3.87. The Kier molecular flexibility index (Phi) is 5.59. The number of ether oxygens (including phenoxy) is 1. The highest BCUT2D eigenvalue weighted by Gasteiger charge is 2.47. The minimum absolute atomic E-state index is 0.0682. The van der Waals surface area contributed by atoms with Gasteiger partial charge < -0.3 is 25.2 Å². The third-order valence-corrected chi connectivity index (χ3v) is 5.29. The molecule has 0 saturated carbocycles. The number of aliphatic hydroxyl groups excluding tert-OH is 2. The van der Waals surface area contributed by atoms with Crippen LogP contribution in [0.2, 0.25) is 0 Å². The lowest BCUT2D eigenvalue weighted by Crippen LogP contribution is -2.54. The van der Waals surface area contributed by atoms with Gasteiger partial charge in [-0.2, -0.15) is 0 Å². The molecular weight excluding hydrogens is 324 g/mol. The van der Waals surface area contributed by atoms with Crippen molar-refractivity contribution in [3.8, 4) is 0 Å². The Hall–Kier alpha value is -1.47. The molecule has 0 saturated heterocycles. The lowest BCUT2D eigenvalue weighted by molar-refractivity contribution is -0.150. The number of allylic oxidation sites excluding steroid dienone is 2. The van der Waals surface area contributed by atoms with E-state index >= 15 is 0 Å². The van der Waals surface area contributed by atoms with Crippen molar-refractivity contribution in [3.05, 3.63) is 35.6 Å². The van der Waals surface area contributed by atoms with Gasteiger partial charge in [0.2, 0.25) is 0 Å². The molecule has 2 aliphatic rings. The van der Waals surface area contributed by atoms with E-state index in [1.54, 1.807) is 12.2 Å². The molecule has 0 amide bonds. The Morgan fingerprint density at radius 1 is 1.48 bits per heavy atom. The molecule has 0 aromatic carbocycles. The predicted molar refractivity (Wildman–Crippen MR) is 92.5 cm³/mol. The average Bonchev–Trinajstić information content (AvgIpc) is 2.57. The maximum atomic E-state index is 12.0. The fourth-order valence-corrected chi connectivity index (χ4v) is 3.10. The minimum atomic E-state index is -1.82. The van der Waals surface area contributed by atoms with E-state index in [1.165, 1.54) is 26.0 Å². The molecule has 0 spiro atoms. The van der Waals surface area contributed by atoms with Crippen molar-refractivity contribution in [1.29, 1.82) is 0 Å². The summed E-state index contributed by atoms with van der Waals surface area (Å²) in [5, 5.41) is 40.9. The summed E-state index contributed by atoms with van der Waals surface area (Å²) >= 11 is 0. The third-order valence-electron chi connectivity index (χ3n) is 5.29. The predicted octanol–water partition coefficient (Wildman–Crippen LogP) is 0.852. The van der Waals surface area contributed by atoms with E-state index in [4.69, 9.17) is 4.74 Å². The van der Waals surface area contributed by atoms with Crippen molar-refractivity contribution in [3.63, 3.8) is 0 Å². The zero-order valence-electron chi connectivity index (χ0n) is 15.1. The fourth-order valence-electron chi connectivity index (χ4n) is 3.10. The van der Waals surface area contributed by atoms with Crippen molar-refractivity contribution in [2.24, 2.45) is 11.8 Å². The molecule has 6 heteroatoms. The largest absolute Gasteiger partial charge is 0.493 e. The monoisotopic (exact) mass is 352 g/mol. The number of carbonyl (C=O) groups is 1. The summed E-state index contributed by atoms with van der Waals surface area (Å²) in [6.45, 7) is 6.73. The van der Waals surface area contributed by atoms with Gasteiger partial charge >= 0.3 is 0 Å². The lowest BCUT2D eigenvalue weighted by atomic mass is 9.75. The molecule has 140 valence electrons. The second-order valence-electron chi connectivity index (χ2n) is 7.45. The molecular formula is C19H28O6. The fraction of sp³-hybridized carbons (Fsp3) is 0.632. The first-order valence-electron chi connectivity index (χ1n) is 8.61. The average molecular weight is 352 g/mol. The normalized spacial score (nSPS) is 34.5. The Morgan fingerprint density at radius 2 is 2.12 bits per heavy atom. The number of carbonyl (C=O) groups excluding carboxylic acids is 1. The van der Waals surface area contributed by atoms with Gasteiger partial charge in [-0.05, 0) is 49.6 Å². The first kappa shape index (κ1) is 19.8. The van der Waals surface area contributed by atoms with Gasteiger partial charge in [-0.25, -0.2) is 0 Å². The van der Waals surface area contributed by atoms with Gasteiger partial charge in [0, 0.05) is 5.92 Å². The molecule has 6 nitrogen and oxygen atoms in total. The zero-order chi connectivity index (χ0) is 19.0. The summed E-state index contributed by atoms with van der Waals surface area (Å²) in [5.74, 6) is -0.690. The van der Waals surface area contributed by atoms with Gasteiger partial charge in [-0.15, -0.1) is 0 Å². The summed E-state index contributed by atoms with van der Waals surface area (Å²) in [6.07, 6.45) is 4.51. The van der Waals surface area contributed by atoms with Gasteiger partial charge in [0.05, 0.1) is 18.8 Å². The van der Waals surface area contributed by atoms with Crippen LogP contribution in [0.1, 0.15) is 34.1 Å².